The van der Waals surface area contributed by atoms with E-state index >= 15 is 0 Å². The third-order valence-corrected chi connectivity index (χ3v) is 2.83. The van der Waals surface area contributed by atoms with Crippen LogP contribution in [0, 0.1) is 6.92 Å². The van der Waals surface area contributed by atoms with E-state index in [1.807, 2.05) is 18.2 Å². The van der Waals surface area contributed by atoms with E-state index in [4.69, 9.17) is 0 Å². The van der Waals surface area contributed by atoms with Crippen LogP contribution in [0.15, 0.2) is 24.3 Å². The molecule has 78 valence electrons. The van der Waals surface area contributed by atoms with Gasteiger partial charge < -0.3 is 4.57 Å². The number of aryl methyl sites for hydroxylation is 2. The van der Waals surface area contributed by atoms with Gasteiger partial charge in [-0.15, -0.1) is 0 Å². The van der Waals surface area contributed by atoms with Gasteiger partial charge in [-0.1, -0.05) is 0 Å². The molecule has 0 bridgehead atoms. The minimum absolute atomic E-state index is 0.124. The molecular formula is C13H15NO. The van der Waals surface area contributed by atoms with Crippen LogP contribution in [0.25, 0.3) is 10.9 Å². The number of rotatable bonds is 2. The lowest BCUT2D eigenvalue weighted by Crippen LogP contribution is -1.96. The van der Waals surface area contributed by atoms with Crippen molar-refractivity contribution in [2.75, 3.05) is 0 Å². The zero-order chi connectivity index (χ0) is 11.0. The molecule has 15 heavy (non-hydrogen) atoms. The molecule has 0 aliphatic rings. The summed E-state index contributed by atoms with van der Waals surface area (Å²) in [5, 5.41) is 1.15. The molecule has 1 aromatic heterocycles. The van der Waals surface area contributed by atoms with Crippen LogP contribution in [-0.2, 0) is 6.54 Å². The Morgan fingerprint density at radius 3 is 2.67 bits per heavy atom. The van der Waals surface area contributed by atoms with E-state index in [1.165, 1.54) is 11.2 Å². The third kappa shape index (κ3) is 1.56. The van der Waals surface area contributed by atoms with Crippen molar-refractivity contribution in [3.8, 4) is 0 Å². The molecule has 2 heteroatoms. The molecule has 0 unspecified atom stereocenters. The Hall–Kier alpha value is -1.57. The quantitative estimate of drug-likeness (QED) is 0.684. The van der Waals surface area contributed by atoms with Gasteiger partial charge in [0, 0.05) is 28.7 Å². The van der Waals surface area contributed by atoms with Crippen molar-refractivity contribution in [3.05, 3.63) is 35.5 Å². The fourth-order valence-corrected chi connectivity index (χ4v) is 2.05. The monoisotopic (exact) mass is 201 g/mol. The van der Waals surface area contributed by atoms with Gasteiger partial charge in [0.1, 0.15) is 0 Å². The number of fused-ring (bicyclic) bond motifs is 1. The average Bonchev–Trinajstić information content (AvgIpc) is 2.51. The summed E-state index contributed by atoms with van der Waals surface area (Å²) in [7, 11) is 0. The number of aromatic nitrogens is 1. The van der Waals surface area contributed by atoms with Gasteiger partial charge in [0.05, 0.1) is 0 Å². The van der Waals surface area contributed by atoms with E-state index in [2.05, 4.69) is 24.5 Å². The Morgan fingerprint density at radius 2 is 2.07 bits per heavy atom. The molecule has 0 amide bonds. The van der Waals surface area contributed by atoms with Crippen molar-refractivity contribution in [3.63, 3.8) is 0 Å². The number of benzene rings is 1. The summed E-state index contributed by atoms with van der Waals surface area (Å²) in [5.74, 6) is 0.124. The summed E-state index contributed by atoms with van der Waals surface area (Å²) in [6.45, 7) is 6.79. The average molecular weight is 201 g/mol. The number of Topliss-reactive ketones (excluding diaryl/α,β-unsaturated/α-hetero) is 1. The highest BCUT2D eigenvalue weighted by atomic mass is 16.1. The van der Waals surface area contributed by atoms with Gasteiger partial charge in [0.2, 0.25) is 0 Å². The van der Waals surface area contributed by atoms with Gasteiger partial charge in [-0.05, 0) is 45.0 Å². The molecule has 0 atom stereocenters. The number of hydrogen-bond acceptors (Lipinski definition) is 1. The number of nitrogens with zero attached hydrogens (tertiary/aromatic N) is 1. The lowest BCUT2D eigenvalue weighted by Gasteiger charge is -2.03. The molecule has 2 aromatic rings. The van der Waals surface area contributed by atoms with E-state index < -0.39 is 0 Å². The molecule has 0 aliphatic heterocycles. The molecule has 0 spiro atoms. The number of ketones is 1. The van der Waals surface area contributed by atoms with Crippen LogP contribution in [0.5, 0.6) is 0 Å². The number of hydrogen-bond donors (Lipinski definition) is 0. The maximum atomic E-state index is 11.2. The Morgan fingerprint density at radius 1 is 1.33 bits per heavy atom. The van der Waals surface area contributed by atoms with Gasteiger partial charge in [0.25, 0.3) is 0 Å². The number of carbonyl (C=O) groups is 1. The molecule has 2 rings (SSSR count). The minimum atomic E-state index is 0.124. The van der Waals surface area contributed by atoms with Crippen molar-refractivity contribution < 1.29 is 4.79 Å². The van der Waals surface area contributed by atoms with E-state index in [9.17, 15) is 4.79 Å². The first kappa shape index (κ1) is 9.97. The molecule has 0 fully saturated rings. The zero-order valence-corrected chi connectivity index (χ0v) is 9.37. The molecule has 2 nitrogen and oxygen atoms in total. The second-order valence-corrected chi connectivity index (χ2v) is 3.86. The molecule has 0 saturated heterocycles. The smallest absolute Gasteiger partial charge is 0.159 e. The second-order valence-electron chi connectivity index (χ2n) is 3.86. The van der Waals surface area contributed by atoms with Crippen LogP contribution in [0.4, 0.5) is 0 Å². The van der Waals surface area contributed by atoms with E-state index in [0.29, 0.717) is 0 Å². The highest BCUT2D eigenvalue weighted by molar-refractivity contribution is 5.98. The van der Waals surface area contributed by atoms with Crippen molar-refractivity contribution in [2.24, 2.45) is 0 Å². The maximum absolute atomic E-state index is 11.2. The predicted molar refractivity (Wildman–Crippen MR) is 62.4 cm³/mol. The zero-order valence-electron chi connectivity index (χ0n) is 9.37. The third-order valence-electron chi connectivity index (χ3n) is 2.83. The van der Waals surface area contributed by atoms with Crippen LogP contribution < -0.4 is 0 Å². The Bertz CT molecular complexity index is 523. The SMILES string of the molecule is CCn1c(C)cc2cc(C(C)=O)ccc21. The van der Waals surface area contributed by atoms with Gasteiger partial charge in [-0.3, -0.25) is 4.79 Å². The summed E-state index contributed by atoms with van der Waals surface area (Å²) in [4.78, 5) is 11.2. The van der Waals surface area contributed by atoms with Gasteiger partial charge in [-0.2, -0.15) is 0 Å². The highest BCUT2D eigenvalue weighted by Crippen LogP contribution is 2.21. The standard InChI is InChI=1S/C13H15NO/c1-4-14-9(2)7-12-8-11(10(3)15)5-6-13(12)14/h5-8H,4H2,1-3H3. The van der Waals surface area contributed by atoms with Crippen LogP contribution >= 0.6 is 0 Å². The molecule has 1 heterocycles. The Labute approximate surface area is 89.5 Å². The van der Waals surface area contributed by atoms with Crippen molar-refractivity contribution >= 4 is 16.7 Å². The molecule has 1 aromatic carbocycles. The van der Waals surface area contributed by atoms with E-state index in [-0.39, 0.29) is 5.78 Å². The number of carbonyl (C=O) groups excluding carboxylic acids is 1. The van der Waals surface area contributed by atoms with Crippen LogP contribution in [0.3, 0.4) is 0 Å². The minimum Gasteiger partial charge on any atom is -0.345 e. The summed E-state index contributed by atoms with van der Waals surface area (Å²) in [5.41, 5.74) is 3.24. The predicted octanol–water partition coefficient (Wildman–Crippen LogP) is 3.17. The fraction of sp³-hybridized carbons (Fsp3) is 0.308. The van der Waals surface area contributed by atoms with Crippen LogP contribution in [-0.4, -0.2) is 10.4 Å². The molecule has 0 aliphatic carbocycles. The second kappa shape index (κ2) is 3.54. The molecular weight excluding hydrogens is 186 g/mol. The maximum Gasteiger partial charge on any atom is 0.159 e. The molecule has 0 radical (unpaired) electrons. The van der Waals surface area contributed by atoms with Crippen molar-refractivity contribution in [1.82, 2.24) is 4.57 Å². The van der Waals surface area contributed by atoms with Crippen molar-refractivity contribution in [1.29, 1.82) is 0 Å². The van der Waals surface area contributed by atoms with Gasteiger partial charge >= 0.3 is 0 Å². The highest BCUT2D eigenvalue weighted by Gasteiger charge is 2.06. The van der Waals surface area contributed by atoms with E-state index in [0.717, 1.165) is 17.5 Å². The van der Waals surface area contributed by atoms with E-state index in [1.54, 1.807) is 6.92 Å². The summed E-state index contributed by atoms with van der Waals surface area (Å²) in [6, 6.07) is 8.03. The van der Waals surface area contributed by atoms with Crippen LogP contribution in [0.2, 0.25) is 0 Å². The first-order chi connectivity index (χ1) is 7.13. The lowest BCUT2D eigenvalue weighted by atomic mass is 10.1. The van der Waals surface area contributed by atoms with Crippen LogP contribution in [0.1, 0.15) is 29.9 Å². The molecule has 0 saturated carbocycles. The molecule has 0 N–H and O–H groups in total. The van der Waals surface area contributed by atoms with Crippen molar-refractivity contribution in [2.45, 2.75) is 27.3 Å². The summed E-state index contributed by atoms with van der Waals surface area (Å²) >= 11 is 0. The topological polar surface area (TPSA) is 22.0 Å². The van der Waals surface area contributed by atoms with Gasteiger partial charge in [-0.25, -0.2) is 0 Å². The first-order valence-corrected chi connectivity index (χ1v) is 5.24. The lowest BCUT2D eigenvalue weighted by molar-refractivity contribution is 0.101. The fourth-order valence-electron chi connectivity index (χ4n) is 2.05. The van der Waals surface area contributed by atoms with Gasteiger partial charge in [0.15, 0.2) is 5.78 Å². The Kier molecular flexibility index (Phi) is 2.35. The largest absolute Gasteiger partial charge is 0.345 e. The first-order valence-electron chi connectivity index (χ1n) is 5.24. The Balaban J connectivity index is 2.69. The normalized spacial score (nSPS) is 10.9. The summed E-state index contributed by atoms with van der Waals surface area (Å²) < 4.78 is 2.25. The summed E-state index contributed by atoms with van der Waals surface area (Å²) in [6.07, 6.45) is 0.